The number of rotatable bonds is 3. The largest absolute Gasteiger partial charge is 0.497 e. The number of imidazole rings is 1. The van der Waals surface area contributed by atoms with E-state index in [0.717, 1.165) is 47.7 Å². The average molecular weight is 405 g/mol. The van der Waals surface area contributed by atoms with E-state index >= 15 is 0 Å². The van der Waals surface area contributed by atoms with Crippen LogP contribution in [0.25, 0.3) is 11.0 Å². The van der Waals surface area contributed by atoms with Crippen LogP contribution < -0.4 is 15.0 Å². The summed E-state index contributed by atoms with van der Waals surface area (Å²) in [5, 5.41) is 2.92. The van der Waals surface area contributed by atoms with E-state index in [9.17, 15) is 9.59 Å². The number of piperazine rings is 1. The van der Waals surface area contributed by atoms with E-state index < -0.39 is 0 Å². The van der Waals surface area contributed by atoms with E-state index in [2.05, 4.69) is 26.3 Å². The van der Waals surface area contributed by atoms with Crippen molar-refractivity contribution < 1.29 is 14.3 Å². The van der Waals surface area contributed by atoms with Crippen molar-refractivity contribution in [2.75, 3.05) is 43.5 Å². The monoisotopic (exact) mass is 405 g/mol. The van der Waals surface area contributed by atoms with E-state index in [0.29, 0.717) is 25.3 Å². The summed E-state index contributed by atoms with van der Waals surface area (Å²) >= 11 is 0. The molecule has 2 aromatic carbocycles. The van der Waals surface area contributed by atoms with Gasteiger partial charge in [-0.15, -0.1) is 0 Å². The number of carbonyl (C=O) groups excluding carboxylic acids is 2. The van der Waals surface area contributed by atoms with Gasteiger partial charge in [0.25, 0.3) is 5.91 Å². The Morgan fingerprint density at radius 3 is 2.70 bits per heavy atom. The molecule has 3 aromatic rings. The average Bonchev–Trinajstić information content (AvgIpc) is 3.21. The van der Waals surface area contributed by atoms with Crippen molar-refractivity contribution in [3.8, 4) is 5.75 Å². The second kappa shape index (κ2) is 7.37. The van der Waals surface area contributed by atoms with Crippen molar-refractivity contribution in [1.29, 1.82) is 0 Å². The Kier molecular flexibility index (Phi) is 4.54. The Morgan fingerprint density at radius 2 is 1.90 bits per heavy atom. The van der Waals surface area contributed by atoms with E-state index in [-0.39, 0.29) is 11.8 Å². The summed E-state index contributed by atoms with van der Waals surface area (Å²) in [6.07, 6.45) is 1.30. The van der Waals surface area contributed by atoms with Gasteiger partial charge in [-0.1, -0.05) is 0 Å². The second-order valence-corrected chi connectivity index (χ2v) is 7.64. The fraction of sp³-hybridized carbons (Fsp3) is 0.318. The van der Waals surface area contributed by atoms with Gasteiger partial charge in [-0.25, -0.2) is 4.98 Å². The SMILES string of the molecule is COc1ccc2nc(C(=O)N3CCN(c4ccc5c(c4)CCC(=O)N5)CC3)[nH]c2c1. The van der Waals surface area contributed by atoms with Gasteiger partial charge in [-0.3, -0.25) is 9.59 Å². The van der Waals surface area contributed by atoms with Gasteiger partial charge >= 0.3 is 0 Å². The molecule has 0 atom stereocenters. The lowest BCUT2D eigenvalue weighted by atomic mass is 10.0. The second-order valence-electron chi connectivity index (χ2n) is 7.64. The van der Waals surface area contributed by atoms with Crippen LogP contribution in [-0.2, 0) is 11.2 Å². The van der Waals surface area contributed by atoms with Gasteiger partial charge in [0, 0.05) is 50.0 Å². The number of hydrogen-bond acceptors (Lipinski definition) is 5. The number of benzene rings is 2. The maximum absolute atomic E-state index is 12.9. The van der Waals surface area contributed by atoms with Gasteiger partial charge in [0.15, 0.2) is 5.82 Å². The molecular weight excluding hydrogens is 382 g/mol. The molecule has 5 rings (SSSR count). The molecule has 0 unspecified atom stereocenters. The maximum Gasteiger partial charge on any atom is 0.289 e. The van der Waals surface area contributed by atoms with Crippen molar-refractivity contribution in [3.05, 3.63) is 47.8 Å². The zero-order valence-electron chi connectivity index (χ0n) is 16.8. The molecule has 0 bridgehead atoms. The van der Waals surface area contributed by atoms with Crippen LogP contribution in [0.2, 0.25) is 0 Å². The first-order chi connectivity index (χ1) is 14.6. The van der Waals surface area contributed by atoms with Crippen LogP contribution in [0.5, 0.6) is 5.75 Å². The van der Waals surface area contributed by atoms with Crippen LogP contribution in [0.4, 0.5) is 11.4 Å². The number of H-pyrrole nitrogens is 1. The van der Waals surface area contributed by atoms with Crippen LogP contribution in [0.15, 0.2) is 36.4 Å². The molecule has 0 spiro atoms. The predicted octanol–water partition coefficient (Wildman–Crippen LogP) is 2.42. The summed E-state index contributed by atoms with van der Waals surface area (Å²) in [5.74, 6) is 1.07. The molecule has 2 amide bonds. The minimum Gasteiger partial charge on any atom is -0.497 e. The molecule has 3 heterocycles. The first-order valence-electron chi connectivity index (χ1n) is 10.1. The van der Waals surface area contributed by atoms with E-state index in [1.165, 1.54) is 5.56 Å². The van der Waals surface area contributed by atoms with Crippen LogP contribution in [0.3, 0.4) is 0 Å². The highest BCUT2D eigenvalue weighted by Gasteiger charge is 2.25. The molecule has 0 radical (unpaired) electrons. The van der Waals surface area contributed by atoms with Gasteiger partial charge in [0.1, 0.15) is 5.75 Å². The summed E-state index contributed by atoms with van der Waals surface area (Å²) < 4.78 is 5.23. The number of aryl methyl sites for hydroxylation is 1. The van der Waals surface area contributed by atoms with E-state index in [1.54, 1.807) is 7.11 Å². The summed E-state index contributed by atoms with van der Waals surface area (Å²) in [6.45, 7) is 2.77. The number of anilines is 2. The van der Waals surface area contributed by atoms with E-state index in [1.807, 2.05) is 35.2 Å². The number of fused-ring (bicyclic) bond motifs is 2. The van der Waals surface area contributed by atoms with Gasteiger partial charge < -0.3 is 24.8 Å². The number of aromatic nitrogens is 2. The zero-order chi connectivity index (χ0) is 20.7. The normalized spacial score (nSPS) is 16.4. The lowest BCUT2D eigenvalue weighted by Crippen LogP contribution is -2.49. The lowest BCUT2D eigenvalue weighted by Gasteiger charge is -2.36. The molecule has 30 heavy (non-hydrogen) atoms. The van der Waals surface area contributed by atoms with Crippen molar-refractivity contribution in [3.63, 3.8) is 0 Å². The standard InChI is InChI=1S/C22H23N5O3/c1-30-16-4-6-18-19(13-16)25-21(24-18)22(29)27-10-8-26(9-11-27)15-3-5-17-14(12-15)2-7-20(28)23-17/h3-6,12-13H,2,7-11H2,1H3,(H,23,28)(H,24,25). The molecule has 8 nitrogen and oxygen atoms in total. The molecule has 0 saturated carbocycles. The molecule has 2 N–H and O–H groups in total. The Bertz CT molecular complexity index is 1130. The summed E-state index contributed by atoms with van der Waals surface area (Å²) in [5.41, 5.74) is 4.75. The third kappa shape index (κ3) is 3.34. The topological polar surface area (TPSA) is 90.6 Å². The highest BCUT2D eigenvalue weighted by Crippen LogP contribution is 2.28. The smallest absolute Gasteiger partial charge is 0.289 e. The van der Waals surface area contributed by atoms with Crippen LogP contribution >= 0.6 is 0 Å². The number of ether oxygens (including phenoxy) is 1. The van der Waals surface area contributed by atoms with Crippen LogP contribution in [0, 0.1) is 0 Å². The molecule has 0 aliphatic carbocycles. The Labute approximate surface area is 173 Å². The molecular formula is C22H23N5O3. The van der Waals surface area contributed by atoms with Crippen molar-refractivity contribution in [2.45, 2.75) is 12.8 Å². The minimum absolute atomic E-state index is 0.0754. The summed E-state index contributed by atoms with van der Waals surface area (Å²) in [6, 6.07) is 11.7. The third-order valence-corrected chi connectivity index (χ3v) is 5.81. The predicted molar refractivity (Wildman–Crippen MR) is 114 cm³/mol. The number of nitrogens with zero attached hydrogens (tertiary/aromatic N) is 3. The molecule has 8 heteroatoms. The molecule has 2 aliphatic heterocycles. The van der Waals surface area contributed by atoms with Gasteiger partial charge in [-0.05, 0) is 42.3 Å². The van der Waals surface area contributed by atoms with Gasteiger partial charge in [0.2, 0.25) is 5.91 Å². The Morgan fingerprint density at radius 1 is 1.07 bits per heavy atom. The number of carbonyl (C=O) groups is 2. The lowest BCUT2D eigenvalue weighted by molar-refractivity contribution is -0.116. The first kappa shape index (κ1) is 18.5. The molecule has 1 aromatic heterocycles. The third-order valence-electron chi connectivity index (χ3n) is 5.81. The van der Waals surface area contributed by atoms with Crippen LogP contribution in [0.1, 0.15) is 22.6 Å². The number of methoxy groups -OCH3 is 1. The van der Waals surface area contributed by atoms with Crippen LogP contribution in [-0.4, -0.2) is 60.0 Å². The fourth-order valence-electron chi connectivity index (χ4n) is 4.10. The fourth-order valence-corrected chi connectivity index (χ4v) is 4.10. The zero-order valence-corrected chi connectivity index (χ0v) is 16.8. The van der Waals surface area contributed by atoms with Gasteiger partial charge in [-0.2, -0.15) is 0 Å². The summed E-state index contributed by atoms with van der Waals surface area (Å²) in [7, 11) is 1.61. The molecule has 154 valence electrons. The van der Waals surface area contributed by atoms with Crippen molar-refractivity contribution in [1.82, 2.24) is 14.9 Å². The summed E-state index contributed by atoms with van der Waals surface area (Å²) in [4.78, 5) is 36.2. The number of nitrogens with one attached hydrogen (secondary N) is 2. The Balaban J connectivity index is 1.27. The van der Waals surface area contributed by atoms with Crippen molar-refractivity contribution >= 4 is 34.2 Å². The first-order valence-corrected chi connectivity index (χ1v) is 10.1. The highest BCUT2D eigenvalue weighted by atomic mass is 16.5. The number of amides is 2. The highest BCUT2D eigenvalue weighted by molar-refractivity contribution is 5.95. The van der Waals surface area contributed by atoms with Gasteiger partial charge in [0.05, 0.1) is 18.1 Å². The molecule has 1 saturated heterocycles. The minimum atomic E-state index is -0.0852. The van der Waals surface area contributed by atoms with Crippen molar-refractivity contribution in [2.24, 2.45) is 0 Å². The Hall–Kier alpha value is -3.55. The number of hydrogen-bond donors (Lipinski definition) is 2. The quantitative estimate of drug-likeness (QED) is 0.698. The molecule has 2 aliphatic rings. The number of aromatic amines is 1. The molecule has 1 fully saturated rings. The van der Waals surface area contributed by atoms with E-state index in [4.69, 9.17) is 4.74 Å². The maximum atomic E-state index is 12.9.